The number of anilines is 3. The number of aromatic nitrogens is 9. The molecule has 0 spiro atoms. The lowest BCUT2D eigenvalue weighted by Crippen LogP contribution is -2.41. The zero-order valence-corrected chi connectivity index (χ0v) is 34.0. The topological polar surface area (TPSA) is 434 Å². The molecule has 0 amide bonds. The Balaban J connectivity index is 0.992. The molecule has 9 rings (SSSR count). The minimum absolute atomic E-state index is 0.0235. The summed E-state index contributed by atoms with van der Waals surface area (Å²) in [6.07, 6.45) is -13.4. The van der Waals surface area contributed by atoms with Gasteiger partial charge in [0.15, 0.2) is 17.5 Å². The van der Waals surface area contributed by atoms with Gasteiger partial charge in [0.05, 0.1) is 36.9 Å². The number of nitrogens with zero attached hydrogens (tertiary/aromatic N) is 12. The van der Waals surface area contributed by atoms with Crippen LogP contribution in [0, 0.1) is 34.0 Å². The predicted molar refractivity (Wildman–Crippen MR) is 210 cm³/mol. The quantitative estimate of drug-likeness (QED) is 0.0541. The van der Waals surface area contributed by atoms with E-state index in [-0.39, 0.29) is 51.1 Å². The van der Waals surface area contributed by atoms with Gasteiger partial charge in [-0.05, 0) is 36.4 Å². The number of aliphatic hydroxyl groups excluding tert-OH is 6. The van der Waals surface area contributed by atoms with Gasteiger partial charge in [-0.3, -0.25) is 13.6 Å². The molecule has 12 N–H and O–H groups in total. The van der Waals surface area contributed by atoms with E-state index in [1.54, 1.807) is 0 Å². The van der Waals surface area contributed by atoms with Gasteiger partial charge in [-0.2, -0.15) is 31.1 Å². The van der Waals surface area contributed by atoms with Crippen LogP contribution in [-0.2, 0) is 49.2 Å². The average molecular weight is 918 g/mol. The molecule has 9 heterocycles. The van der Waals surface area contributed by atoms with E-state index >= 15 is 0 Å². The highest BCUT2D eigenvalue weighted by Gasteiger charge is 2.61. The third-order valence-electron chi connectivity index (χ3n) is 11.7. The van der Waals surface area contributed by atoms with E-state index in [1.165, 1.54) is 49.9 Å². The third kappa shape index (κ3) is 6.54. The number of hydrogen-bond donors (Lipinski definition) is 9. The standard InChI is InChI=1S/C36H36N15O13P/c37-10-34(22-4-1-16-31(40)43-13-46-49(16)22)28(55)25(52)19(62-34)7-59-65(58,60-8-20-26(53)29(56)35(11-38,63-20)23-5-2-17-32(41)44-14-47-50(17)23)61-9-21-27(54)30(57)36(12-39,64-21)24-6-3-18-33(42)45-15-48-51(18)24/h1-6,13-15,19-21,25-30,52-57H,7-9H2,(H2,40,43,46)(H2,41,44,47)(H2,42,45,48)/t19-,20-,21-,25-,26-,27-,28-,29-,30-,34+,35+,36+/m1/s1. The van der Waals surface area contributed by atoms with Gasteiger partial charge in [-0.1, -0.05) is 0 Å². The SMILES string of the molecule is N#C[C@@]1(c2ccc3c(N)ncnn23)O[C@H](COP(=O)(OC[C@H]2O[C@@](C#N)(c3ccc4c(N)ncnn34)[C@H](O)[C@@H]2O)OC[C@H]2O[C@@](C#N)(c3ccc4c(N)ncnn34)[C@H](O)[C@@H]2O)[C@@H](O)[C@H]1O. The van der Waals surface area contributed by atoms with Crippen LogP contribution < -0.4 is 17.2 Å². The summed E-state index contributed by atoms with van der Waals surface area (Å²) >= 11 is 0. The molecular formula is C36H36N15O13P. The number of nitriles is 3. The van der Waals surface area contributed by atoms with Crippen molar-refractivity contribution in [3.05, 3.63) is 72.5 Å². The Hall–Kier alpha value is -6.52. The van der Waals surface area contributed by atoms with Crippen molar-refractivity contribution in [3.8, 4) is 18.2 Å². The van der Waals surface area contributed by atoms with Crippen molar-refractivity contribution in [1.82, 2.24) is 43.8 Å². The van der Waals surface area contributed by atoms with Gasteiger partial charge in [-0.15, -0.1) is 0 Å². The molecule has 0 radical (unpaired) electrons. The van der Waals surface area contributed by atoms with E-state index in [4.69, 9.17) is 45.0 Å². The number of hydrogen-bond acceptors (Lipinski definition) is 25. The molecule has 3 aliphatic rings. The number of phosphoric acid groups is 1. The molecule has 3 saturated heterocycles. The van der Waals surface area contributed by atoms with Gasteiger partial charge in [0.1, 0.15) is 109 Å². The molecule has 0 saturated carbocycles. The monoisotopic (exact) mass is 917 g/mol. The number of phosphoric ester groups is 1. The fraction of sp³-hybridized carbons (Fsp3) is 0.417. The molecule has 0 aliphatic carbocycles. The molecule has 3 aliphatic heterocycles. The van der Waals surface area contributed by atoms with Crippen molar-refractivity contribution in [2.45, 2.75) is 71.7 Å². The first kappa shape index (κ1) is 43.7. The highest BCUT2D eigenvalue weighted by Crippen LogP contribution is 2.53. The molecule has 0 unspecified atom stereocenters. The van der Waals surface area contributed by atoms with Crippen LogP contribution >= 0.6 is 7.82 Å². The van der Waals surface area contributed by atoms with Crippen LogP contribution in [0.1, 0.15) is 17.1 Å². The second-order valence-corrected chi connectivity index (χ2v) is 16.8. The molecular weight excluding hydrogens is 881 g/mol. The summed E-state index contributed by atoms with van der Waals surface area (Å²) in [6.45, 7) is -2.86. The zero-order valence-electron chi connectivity index (χ0n) is 33.1. The summed E-state index contributed by atoms with van der Waals surface area (Å²) < 4.78 is 52.9. The lowest BCUT2D eigenvalue weighted by atomic mass is 9.92. The van der Waals surface area contributed by atoms with Gasteiger partial charge in [0.25, 0.3) is 0 Å². The number of rotatable bonds is 12. The van der Waals surface area contributed by atoms with Crippen molar-refractivity contribution in [2.24, 2.45) is 0 Å². The molecule has 338 valence electrons. The zero-order chi connectivity index (χ0) is 46.2. The molecule has 0 aromatic carbocycles. The minimum atomic E-state index is -5.18. The summed E-state index contributed by atoms with van der Waals surface area (Å²) in [5.41, 5.74) is 11.4. The highest BCUT2D eigenvalue weighted by molar-refractivity contribution is 7.48. The Labute approximate surface area is 363 Å². The largest absolute Gasteiger partial charge is 0.475 e. The van der Waals surface area contributed by atoms with Crippen molar-refractivity contribution < 1.29 is 63.0 Å². The van der Waals surface area contributed by atoms with Crippen molar-refractivity contribution >= 4 is 41.8 Å². The third-order valence-corrected chi connectivity index (χ3v) is 13.0. The first-order valence-corrected chi connectivity index (χ1v) is 20.7. The van der Waals surface area contributed by atoms with Gasteiger partial charge < -0.3 is 62.1 Å². The van der Waals surface area contributed by atoms with E-state index < -0.39 is 99.4 Å². The number of fused-ring (bicyclic) bond motifs is 3. The summed E-state index contributed by atoms with van der Waals surface area (Å²) in [7, 11) is -5.18. The molecule has 65 heavy (non-hydrogen) atoms. The first-order valence-electron chi connectivity index (χ1n) is 19.2. The van der Waals surface area contributed by atoms with Crippen LogP contribution in [0.2, 0.25) is 0 Å². The van der Waals surface area contributed by atoms with Gasteiger partial charge in [0.2, 0.25) is 16.8 Å². The van der Waals surface area contributed by atoms with E-state index in [1.807, 2.05) is 18.2 Å². The Kier molecular flexibility index (Phi) is 10.7. The van der Waals surface area contributed by atoms with Crippen LogP contribution in [0.5, 0.6) is 0 Å². The smallest absolute Gasteiger partial charge is 0.387 e. The highest BCUT2D eigenvalue weighted by atomic mass is 31.2. The predicted octanol–water partition coefficient (Wildman–Crippen LogP) is -3.36. The molecule has 0 bridgehead atoms. The molecule has 28 nitrogen and oxygen atoms in total. The number of ether oxygens (including phenoxy) is 3. The lowest BCUT2D eigenvalue weighted by Gasteiger charge is -2.26. The normalized spacial score (nSPS) is 32.6. The number of aliphatic hydroxyl groups is 6. The second kappa shape index (κ2) is 15.9. The molecule has 29 heteroatoms. The Morgan fingerprint density at radius 1 is 0.554 bits per heavy atom. The summed E-state index contributed by atoms with van der Waals surface area (Å²) in [5.74, 6) is 0.0704. The van der Waals surface area contributed by atoms with E-state index in [0.717, 1.165) is 19.0 Å². The molecule has 12 atom stereocenters. The van der Waals surface area contributed by atoms with Crippen LogP contribution in [0.4, 0.5) is 17.5 Å². The maximum atomic E-state index is 14.7. The summed E-state index contributed by atoms with van der Waals surface area (Å²) in [4.78, 5) is 11.7. The fourth-order valence-electron chi connectivity index (χ4n) is 8.26. The van der Waals surface area contributed by atoms with Crippen LogP contribution in [0.3, 0.4) is 0 Å². The Morgan fingerprint density at radius 2 is 0.831 bits per heavy atom. The number of nitrogens with two attached hydrogens (primary N) is 3. The van der Waals surface area contributed by atoms with Gasteiger partial charge >= 0.3 is 7.82 Å². The minimum Gasteiger partial charge on any atom is -0.387 e. The summed E-state index contributed by atoms with van der Waals surface area (Å²) in [5, 5.41) is 111. The first-order chi connectivity index (χ1) is 31.1. The Morgan fingerprint density at radius 3 is 1.09 bits per heavy atom. The molecule has 6 aromatic rings. The van der Waals surface area contributed by atoms with E-state index in [2.05, 4.69) is 30.2 Å². The summed E-state index contributed by atoms with van der Waals surface area (Å²) in [6, 6.07) is 14.0. The van der Waals surface area contributed by atoms with Crippen LogP contribution in [0.15, 0.2) is 55.4 Å². The lowest BCUT2D eigenvalue weighted by molar-refractivity contribution is -0.0821. The maximum absolute atomic E-state index is 14.7. The number of nitrogen functional groups attached to an aromatic ring is 3. The van der Waals surface area contributed by atoms with Crippen molar-refractivity contribution in [1.29, 1.82) is 15.8 Å². The maximum Gasteiger partial charge on any atom is 0.475 e. The van der Waals surface area contributed by atoms with Crippen molar-refractivity contribution in [2.75, 3.05) is 37.0 Å². The van der Waals surface area contributed by atoms with E-state index in [9.17, 15) is 51.0 Å². The second-order valence-electron chi connectivity index (χ2n) is 15.1. The van der Waals surface area contributed by atoms with Crippen LogP contribution in [0.25, 0.3) is 16.6 Å². The average Bonchev–Trinajstić information content (AvgIpc) is 4.16. The molecule has 6 aromatic heterocycles. The fourth-order valence-corrected chi connectivity index (χ4v) is 9.47. The van der Waals surface area contributed by atoms with E-state index in [0.29, 0.717) is 0 Å². The van der Waals surface area contributed by atoms with Crippen LogP contribution in [-0.4, -0.2) is 149 Å². The van der Waals surface area contributed by atoms with Crippen molar-refractivity contribution in [3.63, 3.8) is 0 Å². The Bertz CT molecular complexity index is 2690. The van der Waals surface area contributed by atoms with Gasteiger partial charge in [-0.25, -0.2) is 33.1 Å². The van der Waals surface area contributed by atoms with Gasteiger partial charge in [0, 0.05) is 0 Å². The molecule has 3 fully saturated rings.